The Morgan fingerprint density at radius 3 is 0.792 bits per heavy atom. The smallest absolute Gasteiger partial charge is 0.462 e. The van der Waals surface area contributed by atoms with E-state index < -0.39 is 97.5 Å². The van der Waals surface area contributed by atoms with E-state index in [1.54, 1.807) is 0 Å². The van der Waals surface area contributed by atoms with Crippen LogP contribution in [0.25, 0.3) is 0 Å². The second-order valence-electron chi connectivity index (χ2n) is 28.9. The number of phosphoric acid groups is 2. The van der Waals surface area contributed by atoms with Crippen molar-refractivity contribution >= 4 is 39.5 Å². The average molecular weight is 1410 g/mol. The molecular formula is C77H150O17P2. The van der Waals surface area contributed by atoms with Crippen molar-refractivity contribution in [2.75, 3.05) is 39.6 Å². The monoisotopic (exact) mass is 1410 g/mol. The number of carbonyl (C=O) groups is 4. The van der Waals surface area contributed by atoms with Gasteiger partial charge in [-0.3, -0.25) is 37.3 Å². The molecule has 0 aliphatic carbocycles. The SMILES string of the molecule is CCCCCCCCCCCCCCCCCCC(=O)OC[C@H](COP(=O)(O)OC[C@@H](O)COP(=O)(O)OC[C@@H](COC(=O)CCCCCCCCCCC(C)C)OC(=O)CCCCCCCCCCC(C)CC)OC(=O)CCCCCCCCCCCCCCCCC(C)C. The molecule has 96 heavy (non-hydrogen) atoms. The van der Waals surface area contributed by atoms with E-state index in [0.29, 0.717) is 25.7 Å². The van der Waals surface area contributed by atoms with E-state index in [1.807, 2.05) is 0 Å². The first kappa shape index (κ1) is 94.1. The van der Waals surface area contributed by atoms with Gasteiger partial charge in [0.15, 0.2) is 12.2 Å². The van der Waals surface area contributed by atoms with Gasteiger partial charge in [0.2, 0.25) is 0 Å². The highest BCUT2D eigenvalue weighted by atomic mass is 31.2. The van der Waals surface area contributed by atoms with Gasteiger partial charge in [-0.05, 0) is 43.4 Å². The molecule has 0 saturated carbocycles. The first-order valence-corrected chi connectivity index (χ1v) is 42.9. The van der Waals surface area contributed by atoms with Crippen molar-refractivity contribution in [1.82, 2.24) is 0 Å². The van der Waals surface area contributed by atoms with Crippen LogP contribution < -0.4 is 0 Å². The number of ether oxygens (including phenoxy) is 4. The molecule has 0 bridgehead atoms. The molecule has 19 heteroatoms. The van der Waals surface area contributed by atoms with Crippen LogP contribution in [-0.4, -0.2) is 96.7 Å². The molecule has 570 valence electrons. The maximum atomic E-state index is 13.1. The van der Waals surface area contributed by atoms with Crippen LogP contribution in [0.15, 0.2) is 0 Å². The lowest BCUT2D eigenvalue weighted by atomic mass is 9.99. The summed E-state index contributed by atoms with van der Waals surface area (Å²) in [5.41, 5.74) is 0. The minimum Gasteiger partial charge on any atom is -0.462 e. The Morgan fingerprint density at radius 2 is 0.531 bits per heavy atom. The minimum atomic E-state index is -4.96. The third-order valence-electron chi connectivity index (χ3n) is 18.2. The Balaban J connectivity index is 5.26. The Hall–Kier alpha value is -1.94. The van der Waals surface area contributed by atoms with Crippen molar-refractivity contribution in [2.24, 2.45) is 17.8 Å². The Labute approximate surface area is 588 Å². The molecule has 0 aromatic carbocycles. The highest BCUT2D eigenvalue weighted by Crippen LogP contribution is 2.45. The van der Waals surface area contributed by atoms with Crippen molar-refractivity contribution in [1.29, 1.82) is 0 Å². The minimum absolute atomic E-state index is 0.104. The van der Waals surface area contributed by atoms with Gasteiger partial charge in [-0.1, -0.05) is 344 Å². The van der Waals surface area contributed by atoms with Crippen molar-refractivity contribution in [3.8, 4) is 0 Å². The largest absolute Gasteiger partial charge is 0.472 e. The van der Waals surface area contributed by atoms with Crippen molar-refractivity contribution in [3.05, 3.63) is 0 Å². The number of aliphatic hydroxyl groups excluding tert-OH is 1. The lowest BCUT2D eigenvalue weighted by molar-refractivity contribution is -0.161. The summed E-state index contributed by atoms with van der Waals surface area (Å²) in [6, 6.07) is 0. The summed E-state index contributed by atoms with van der Waals surface area (Å²) in [7, 11) is -9.91. The molecule has 3 N–H and O–H groups in total. The van der Waals surface area contributed by atoms with E-state index in [4.69, 9.17) is 37.0 Å². The normalized spacial score (nSPS) is 14.3. The Kier molecular flexibility index (Phi) is 66.2. The summed E-state index contributed by atoms with van der Waals surface area (Å²) in [6.07, 6.45) is 54.1. The molecule has 0 aliphatic rings. The maximum Gasteiger partial charge on any atom is 0.472 e. The molecule has 0 spiro atoms. The second kappa shape index (κ2) is 67.5. The Bertz CT molecular complexity index is 1870. The van der Waals surface area contributed by atoms with Gasteiger partial charge in [0.05, 0.1) is 26.4 Å². The van der Waals surface area contributed by atoms with E-state index in [-0.39, 0.29) is 25.7 Å². The number of phosphoric ester groups is 2. The van der Waals surface area contributed by atoms with Crippen molar-refractivity contribution < 1.29 is 80.2 Å². The standard InChI is InChI=1S/C77H150O17P2/c1-8-10-11-12-13-14-15-16-17-18-22-25-28-37-44-51-58-74(79)87-64-72(93-76(81)60-53-46-39-29-26-23-20-19-21-24-27-34-41-48-55-68(3)4)66-91-95(83,84)89-62-71(78)63-90-96(85,86)92-67-73(65-88-75(80)59-52-45-38-32-30-35-42-49-56-69(5)6)94-77(82)61-54-47-40-33-31-36-43-50-57-70(7)9-2/h68-73,78H,8-67H2,1-7H3,(H,83,84)(H,85,86)/t70?,71-,72-,73-/m1/s1. The van der Waals surface area contributed by atoms with Crippen LogP contribution >= 0.6 is 15.6 Å². The van der Waals surface area contributed by atoms with Gasteiger partial charge >= 0.3 is 39.5 Å². The summed E-state index contributed by atoms with van der Waals surface area (Å²) in [4.78, 5) is 72.9. The van der Waals surface area contributed by atoms with E-state index in [1.165, 1.54) is 205 Å². The number of aliphatic hydroxyl groups is 1. The number of hydrogen-bond acceptors (Lipinski definition) is 15. The highest BCUT2D eigenvalue weighted by molar-refractivity contribution is 7.47. The van der Waals surface area contributed by atoms with E-state index in [9.17, 15) is 43.2 Å². The molecule has 0 aromatic heterocycles. The quantitative estimate of drug-likeness (QED) is 0.0222. The third-order valence-corrected chi connectivity index (χ3v) is 20.1. The van der Waals surface area contributed by atoms with Gasteiger partial charge in [0.25, 0.3) is 0 Å². The van der Waals surface area contributed by atoms with Crippen LogP contribution in [0.4, 0.5) is 0 Å². The van der Waals surface area contributed by atoms with Crippen LogP contribution in [0.2, 0.25) is 0 Å². The van der Waals surface area contributed by atoms with E-state index >= 15 is 0 Å². The molecule has 0 aliphatic heterocycles. The first-order valence-electron chi connectivity index (χ1n) is 39.9. The zero-order valence-corrected chi connectivity index (χ0v) is 64.6. The van der Waals surface area contributed by atoms with Gasteiger partial charge in [-0.25, -0.2) is 9.13 Å². The predicted molar refractivity (Wildman–Crippen MR) is 391 cm³/mol. The molecule has 0 rings (SSSR count). The van der Waals surface area contributed by atoms with E-state index in [2.05, 4.69) is 48.5 Å². The number of hydrogen-bond donors (Lipinski definition) is 3. The molecule has 0 radical (unpaired) electrons. The summed E-state index contributed by atoms with van der Waals surface area (Å²) < 4.78 is 68.6. The third kappa shape index (κ3) is 69.2. The lowest BCUT2D eigenvalue weighted by Crippen LogP contribution is -2.30. The summed E-state index contributed by atoms with van der Waals surface area (Å²) in [6.45, 7) is 11.9. The molecule has 6 atom stereocenters. The van der Waals surface area contributed by atoms with Gasteiger partial charge < -0.3 is 33.8 Å². The van der Waals surface area contributed by atoms with E-state index in [0.717, 1.165) is 108 Å². The van der Waals surface area contributed by atoms with Crippen molar-refractivity contribution in [2.45, 2.75) is 414 Å². The zero-order chi connectivity index (χ0) is 70.9. The van der Waals surface area contributed by atoms with Gasteiger partial charge in [0.1, 0.15) is 19.3 Å². The molecule has 0 saturated heterocycles. The van der Waals surface area contributed by atoms with Gasteiger partial charge in [0, 0.05) is 25.7 Å². The topological polar surface area (TPSA) is 237 Å². The highest BCUT2D eigenvalue weighted by Gasteiger charge is 2.30. The first-order chi connectivity index (χ1) is 46.3. The fourth-order valence-electron chi connectivity index (χ4n) is 11.7. The van der Waals surface area contributed by atoms with Crippen LogP contribution in [0.1, 0.15) is 395 Å². The number of esters is 4. The fourth-order valence-corrected chi connectivity index (χ4v) is 13.3. The van der Waals surface area contributed by atoms with Crippen LogP contribution in [0, 0.1) is 17.8 Å². The fraction of sp³-hybridized carbons (Fsp3) is 0.948. The molecule has 0 fully saturated rings. The number of unbranched alkanes of at least 4 members (excludes halogenated alkanes) is 42. The number of rotatable bonds is 75. The zero-order valence-electron chi connectivity index (χ0n) is 62.8. The maximum absolute atomic E-state index is 13.1. The molecule has 0 heterocycles. The summed E-state index contributed by atoms with van der Waals surface area (Å²) in [5, 5.41) is 10.6. The van der Waals surface area contributed by atoms with Crippen molar-refractivity contribution in [3.63, 3.8) is 0 Å². The summed E-state index contributed by atoms with van der Waals surface area (Å²) in [5.74, 6) is 0.174. The molecule has 0 amide bonds. The van der Waals surface area contributed by atoms with Crippen LogP contribution in [-0.2, 0) is 65.4 Å². The molecular weight excluding hydrogens is 1260 g/mol. The lowest BCUT2D eigenvalue weighted by Gasteiger charge is -2.21. The number of carbonyl (C=O) groups excluding carboxylic acids is 4. The Morgan fingerprint density at radius 1 is 0.302 bits per heavy atom. The van der Waals surface area contributed by atoms with Gasteiger partial charge in [-0.15, -0.1) is 0 Å². The molecule has 3 unspecified atom stereocenters. The molecule has 17 nitrogen and oxygen atoms in total. The summed E-state index contributed by atoms with van der Waals surface area (Å²) >= 11 is 0. The average Bonchev–Trinajstić information content (AvgIpc) is 3.35. The van der Waals surface area contributed by atoms with Gasteiger partial charge in [-0.2, -0.15) is 0 Å². The molecule has 0 aromatic rings. The van der Waals surface area contributed by atoms with Crippen LogP contribution in [0.3, 0.4) is 0 Å². The second-order valence-corrected chi connectivity index (χ2v) is 31.8. The predicted octanol–water partition coefficient (Wildman–Crippen LogP) is 22.6. The van der Waals surface area contributed by atoms with Crippen LogP contribution in [0.5, 0.6) is 0 Å².